The van der Waals surface area contributed by atoms with Crippen LogP contribution in [0.4, 0.5) is 0 Å². The Kier molecular flexibility index (Phi) is 2.20. The molecular weight excluding hydrogens is 136 g/mol. The summed E-state index contributed by atoms with van der Waals surface area (Å²) in [7, 11) is 0. The molecule has 62 valence electrons. The zero-order chi connectivity index (χ0) is 8.48. The molecule has 2 heteroatoms. The van der Waals surface area contributed by atoms with E-state index in [1.807, 2.05) is 0 Å². The fourth-order valence-corrected chi connectivity index (χ4v) is 2.27. The minimum Gasteiger partial charge on any atom is -0.313 e. The second-order valence-electron chi connectivity index (χ2n) is 4.12. The van der Waals surface area contributed by atoms with Crippen LogP contribution in [-0.2, 0) is 0 Å². The Hall–Kier alpha value is -0.550. The van der Waals surface area contributed by atoms with Crippen LogP contribution in [0.25, 0.3) is 0 Å². The maximum absolute atomic E-state index is 8.81. The fraction of sp³-hybridized carbons (Fsp3) is 0.889. The molecule has 2 nitrogen and oxygen atoms in total. The van der Waals surface area contributed by atoms with E-state index in [-0.39, 0.29) is 0 Å². The third-order valence-corrected chi connectivity index (χ3v) is 2.45. The second kappa shape index (κ2) is 2.83. The Bertz CT molecular complexity index is 170. The molecular formula is C9H16N2. The van der Waals surface area contributed by atoms with Crippen LogP contribution in [0.1, 0.15) is 33.1 Å². The van der Waals surface area contributed by atoms with Gasteiger partial charge >= 0.3 is 0 Å². The Morgan fingerprint density at radius 3 is 2.18 bits per heavy atom. The van der Waals surface area contributed by atoms with Gasteiger partial charge < -0.3 is 5.73 Å². The quantitative estimate of drug-likeness (QED) is 0.574. The van der Waals surface area contributed by atoms with E-state index in [2.05, 4.69) is 19.9 Å². The summed E-state index contributed by atoms with van der Waals surface area (Å²) >= 11 is 0. The van der Waals surface area contributed by atoms with Gasteiger partial charge in [0.1, 0.15) is 5.54 Å². The average molecular weight is 152 g/mol. The number of hydrogen-bond acceptors (Lipinski definition) is 2. The Morgan fingerprint density at radius 2 is 1.82 bits per heavy atom. The van der Waals surface area contributed by atoms with Crippen molar-refractivity contribution in [3.63, 3.8) is 0 Å². The molecule has 0 radical (unpaired) electrons. The molecule has 0 aliphatic heterocycles. The molecule has 0 aromatic heterocycles. The van der Waals surface area contributed by atoms with E-state index in [9.17, 15) is 0 Å². The summed E-state index contributed by atoms with van der Waals surface area (Å²) in [6.45, 7) is 4.35. The van der Waals surface area contributed by atoms with Gasteiger partial charge in [-0.05, 0) is 31.1 Å². The van der Waals surface area contributed by atoms with Gasteiger partial charge in [-0.1, -0.05) is 13.8 Å². The zero-order valence-electron chi connectivity index (χ0n) is 7.30. The number of nitriles is 1. The van der Waals surface area contributed by atoms with Crippen molar-refractivity contribution in [2.45, 2.75) is 38.6 Å². The Morgan fingerprint density at radius 1 is 1.36 bits per heavy atom. The van der Waals surface area contributed by atoms with Crippen molar-refractivity contribution in [1.82, 2.24) is 0 Å². The third kappa shape index (κ3) is 1.94. The molecule has 0 spiro atoms. The van der Waals surface area contributed by atoms with Gasteiger partial charge in [0.25, 0.3) is 0 Å². The van der Waals surface area contributed by atoms with Gasteiger partial charge in [0, 0.05) is 0 Å². The monoisotopic (exact) mass is 152 g/mol. The average Bonchev–Trinajstić information content (AvgIpc) is 1.84. The maximum Gasteiger partial charge on any atom is 0.104 e. The fourth-order valence-electron chi connectivity index (χ4n) is 2.27. The van der Waals surface area contributed by atoms with Gasteiger partial charge in [0.2, 0.25) is 0 Å². The molecule has 0 aromatic rings. The topological polar surface area (TPSA) is 49.8 Å². The summed E-state index contributed by atoms with van der Waals surface area (Å²) in [4.78, 5) is 0. The van der Waals surface area contributed by atoms with E-state index < -0.39 is 5.54 Å². The van der Waals surface area contributed by atoms with E-state index in [4.69, 9.17) is 11.0 Å². The standard InChI is InChI=1S/C9H16N2/c1-7-3-8(2)5-9(11,4-7)6-10/h7-8H,3-5,11H2,1-2H3. The van der Waals surface area contributed by atoms with E-state index in [1.54, 1.807) is 0 Å². The highest BCUT2D eigenvalue weighted by atomic mass is 14.7. The van der Waals surface area contributed by atoms with Gasteiger partial charge in [-0.25, -0.2) is 0 Å². The van der Waals surface area contributed by atoms with Crippen molar-refractivity contribution in [1.29, 1.82) is 5.26 Å². The predicted octanol–water partition coefficient (Wildman–Crippen LogP) is 1.66. The molecule has 11 heavy (non-hydrogen) atoms. The van der Waals surface area contributed by atoms with Crippen LogP contribution >= 0.6 is 0 Å². The summed E-state index contributed by atoms with van der Waals surface area (Å²) in [5.74, 6) is 1.23. The molecule has 0 saturated heterocycles. The SMILES string of the molecule is CC1CC(C)CC(N)(C#N)C1. The molecule has 1 rings (SSSR count). The minimum absolute atomic E-state index is 0.531. The van der Waals surface area contributed by atoms with Gasteiger partial charge in [0.15, 0.2) is 0 Å². The molecule has 1 aliphatic carbocycles. The van der Waals surface area contributed by atoms with E-state index in [1.165, 1.54) is 6.42 Å². The molecule has 0 amide bonds. The largest absolute Gasteiger partial charge is 0.313 e. The molecule has 1 saturated carbocycles. The van der Waals surface area contributed by atoms with Crippen molar-refractivity contribution in [2.75, 3.05) is 0 Å². The van der Waals surface area contributed by atoms with Crippen LogP contribution in [0.5, 0.6) is 0 Å². The lowest BCUT2D eigenvalue weighted by Gasteiger charge is -2.34. The van der Waals surface area contributed by atoms with Crippen LogP contribution < -0.4 is 5.73 Å². The van der Waals surface area contributed by atoms with Gasteiger partial charge in [0.05, 0.1) is 6.07 Å². The zero-order valence-corrected chi connectivity index (χ0v) is 7.30. The molecule has 2 N–H and O–H groups in total. The summed E-state index contributed by atoms with van der Waals surface area (Å²) in [6, 6.07) is 2.22. The molecule has 0 heterocycles. The molecule has 0 aromatic carbocycles. The van der Waals surface area contributed by atoms with Gasteiger partial charge in [-0.3, -0.25) is 0 Å². The van der Waals surface area contributed by atoms with Crippen molar-refractivity contribution in [2.24, 2.45) is 17.6 Å². The first-order valence-electron chi connectivity index (χ1n) is 4.26. The van der Waals surface area contributed by atoms with Gasteiger partial charge in [-0.2, -0.15) is 5.26 Å². The van der Waals surface area contributed by atoms with Gasteiger partial charge in [-0.15, -0.1) is 0 Å². The van der Waals surface area contributed by atoms with Crippen molar-refractivity contribution < 1.29 is 0 Å². The number of hydrogen-bond donors (Lipinski definition) is 1. The van der Waals surface area contributed by atoms with Crippen molar-refractivity contribution in [3.05, 3.63) is 0 Å². The van der Waals surface area contributed by atoms with Crippen LogP contribution in [0, 0.1) is 23.2 Å². The van der Waals surface area contributed by atoms with E-state index in [0.29, 0.717) is 11.8 Å². The number of nitrogens with zero attached hydrogens (tertiary/aromatic N) is 1. The molecule has 2 atom stereocenters. The smallest absolute Gasteiger partial charge is 0.104 e. The summed E-state index contributed by atoms with van der Waals surface area (Å²) in [5.41, 5.74) is 5.35. The first-order chi connectivity index (χ1) is 5.06. The normalized spacial score (nSPS) is 44.9. The van der Waals surface area contributed by atoms with Crippen molar-refractivity contribution >= 4 is 0 Å². The van der Waals surface area contributed by atoms with Crippen LogP contribution in [0.2, 0.25) is 0 Å². The first-order valence-corrected chi connectivity index (χ1v) is 4.26. The highest BCUT2D eigenvalue weighted by molar-refractivity contribution is 5.08. The summed E-state index contributed by atoms with van der Waals surface area (Å²) < 4.78 is 0. The second-order valence-corrected chi connectivity index (χ2v) is 4.12. The highest BCUT2D eigenvalue weighted by Crippen LogP contribution is 2.33. The first kappa shape index (κ1) is 8.55. The number of nitrogens with two attached hydrogens (primary N) is 1. The third-order valence-electron chi connectivity index (χ3n) is 2.45. The van der Waals surface area contributed by atoms with Crippen molar-refractivity contribution in [3.8, 4) is 6.07 Å². The van der Waals surface area contributed by atoms with E-state index >= 15 is 0 Å². The number of rotatable bonds is 0. The lowest BCUT2D eigenvalue weighted by atomic mass is 9.73. The van der Waals surface area contributed by atoms with Crippen LogP contribution in [0.15, 0.2) is 0 Å². The maximum atomic E-state index is 8.81. The molecule has 2 unspecified atom stereocenters. The molecule has 1 aliphatic rings. The van der Waals surface area contributed by atoms with Crippen LogP contribution in [-0.4, -0.2) is 5.54 Å². The molecule has 0 bridgehead atoms. The Labute approximate surface area is 68.4 Å². The summed E-state index contributed by atoms with van der Waals surface area (Å²) in [6.07, 6.45) is 2.96. The Balaban J connectivity index is 2.64. The molecule has 1 fully saturated rings. The minimum atomic E-state index is -0.531. The summed E-state index contributed by atoms with van der Waals surface area (Å²) in [5, 5.41) is 8.81. The lowest BCUT2D eigenvalue weighted by Crippen LogP contribution is -2.44. The van der Waals surface area contributed by atoms with E-state index in [0.717, 1.165) is 12.8 Å². The highest BCUT2D eigenvalue weighted by Gasteiger charge is 2.34. The van der Waals surface area contributed by atoms with Crippen LogP contribution in [0.3, 0.4) is 0 Å². The lowest BCUT2D eigenvalue weighted by molar-refractivity contribution is 0.225. The predicted molar refractivity (Wildman–Crippen MR) is 44.7 cm³/mol.